The van der Waals surface area contributed by atoms with E-state index in [0.717, 1.165) is 19.6 Å². The van der Waals surface area contributed by atoms with Gasteiger partial charge in [0, 0.05) is 23.8 Å². The Kier molecular flexibility index (Phi) is 4.45. The zero-order valence-corrected chi connectivity index (χ0v) is 9.07. The lowest BCUT2D eigenvalue weighted by Crippen LogP contribution is -2.36. The lowest BCUT2D eigenvalue weighted by atomic mass is 10.1. The van der Waals surface area contributed by atoms with Crippen molar-refractivity contribution in [3.63, 3.8) is 0 Å². The van der Waals surface area contributed by atoms with Gasteiger partial charge >= 0.3 is 0 Å². The number of rotatable bonds is 4. The third kappa shape index (κ3) is 5.46. The lowest BCUT2D eigenvalue weighted by Gasteiger charge is -2.25. The molecule has 6 heteroatoms. The molecule has 0 radical (unpaired) electrons. The van der Waals surface area contributed by atoms with Crippen LogP contribution >= 0.6 is 10.7 Å². The van der Waals surface area contributed by atoms with Crippen molar-refractivity contribution in [3.8, 4) is 0 Å². The van der Waals surface area contributed by atoms with Crippen LogP contribution < -0.4 is 4.72 Å². The molecule has 0 atom stereocenters. The van der Waals surface area contributed by atoms with Crippen molar-refractivity contribution < 1.29 is 8.42 Å². The smallest absolute Gasteiger partial charge is 0.297 e. The fourth-order valence-corrected chi connectivity index (χ4v) is 2.08. The van der Waals surface area contributed by atoms with Crippen molar-refractivity contribution in [2.24, 2.45) is 0 Å². The molecule has 1 rings (SSSR count). The van der Waals surface area contributed by atoms with Crippen LogP contribution in [-0.4, -0.2) is 39.5 Å². The fraction of sp³-hybridized carbons (Fsp3) is 1.00. The van der Waals surface area contributed by atoms with Gasteiger partial charge in [-0.15, -0.1) is 0 Å². The summed E-state index contributed by atoms with van der Waals surface area (Å²) in [6.45, 7) is 3.31. The van der Waals surface area contributed by atoms with Crippen LogP contribution in [-0.2, 0) is 9.24 Å². The first-order valence-electron chi connectivity index (χ1n) is 4.49. The lowest BCUT2D eigenvalue weighted by molar-refractivity contribution is 0.233. The first kappa shape index (κ1) is 11.2. The van der Waals surface area contributed by atoms with E-state index in [1.54, 1.807) is 0 Å². The van der Waals surface area contributed by atoms with Crippen LogP contribution in [0.25, 0.3) is 0 Å². The SMILES string of the molecule is O=S(=O)(Cl)NCCN1CCCCC1. The van der Waals surface area contributed by atoms with Crippen molar-refractivity contribution >= 4 is 19.9 Å². The summed E-state index contributed by atoms with van der Waals surface area (Å²) >= 11 is 0. The van der Waals surface area contributed by atoms with Crippen molar-refractivity contribution in [2.45, 2.75) is 19.3 Å². The minimum absolute atomic E-state index is 0.409. The molecular formula is C7H15ClN2O2S. The molecule has 0 aromatic rings. The molecule has 0 aromatic carbocycles. The second-order valence-electron chi connectivity index (χ2n) is 3.23. The summed E-state index contributed by atoms with van der Waals surface area (Å²) in [7, 11) is 1.46. The van der Waals surface area contributed by atoms with Gasteiger partial charge in [0.2, 0.25) is 0 Å². The van der Waals surface area contributed by atoms with Gasteiger partial charge in [-0.1, -0.05) is 6.42 Å². The first-order chi connectivity index (χ1) is 6.08. The number of halogens is 1. The van der Waals surface area contributed by atoms with Crippen LogP contribution in [0.2, 0.25) is 0 Å². The summed E-state index contributed by atoms with van der Waals surface area (Å²) in [5, 5.41) is 0. The average Bonchev–Trinajstić information content (AvgIpc) is 2.04. The van der Waals surface area contributed by atoms with Gasteiger partial charge in [-0.3, -0.25) is 0 Å². The van der Waals surface area contributed by atoms with E-state index in [9.17, 15) is 8.42 Å². The Labute approximate surface area is 83.8 Å². The van der Waals surface area contributed by atoms with E-state index in [0.29, 0.717) is 6.54 Å². The fourth-order valence-electron chi connectivity index (χ4n) is 1.51. The third-order valence-electron chi connectivity index (χ3n) is 2.15. The summed E-state index contributed by atoms with van der Waals surface area (Å²) in [6.07, 6.45) is 3.72. The number of hydrogen-bond donors (Lipinski definition) is 1. The maximum absolute atomic E-state index is 10.5. The Hall–Kier alpha value is 0.160. The molecule has 0 bridgehead atoms. The molecule has 0 unspecified atom stereocenters. The maximum Gasteiger partial charge on any atom is 0.297 e. The molecule has 1 aliphatic heterocycles. The molecule has 0 amide bonds. The molecule has 1 fully saturated rings. The van der Waals surface area contributed by atoms with Crippen LogP contribution in [0, 0.1) is 0 Å². The Balaban J connectivity index is 2.11. The predicted octanol–water partition coefficient (Wildman–Crippen LogP) is 0.545. The van der Waals surface area contributed by atoms with Crippen molar-refractivity contribution in [1.82, 2.24) is 9.62 Å². The van der Waals surface area contributed by atoms with Gasteiger partial charge in [0.05, 0.1) is 0 Å². The maximum atomic E-state index is 10.5. The summed E-state index contributed by atoms with van der Waals surface area (Å²) < 4.78 is 23.3. The molecule has 0 aliphatic carbocycles. The van der Waals surface area contributed by atoms with Gasteiger partial charge in [-0.25, -0.2) is 4.72 Å². The predicted molar refractivity (Wildman–Crippen MR) is 53.1 cm³/mol. The van der Waals surface area contributed by atoms with E-state index in [4.69, 9.17) is 10.7 Å². The molecule has 1 saturated heterocycles. The second kappa shape index (κ2) is 5.14. The highest BCUT2D eigenvalue weighted by Crippen LogP contribution is 2.07. The molecule has 1 aliphatic rings. The van der Waals surface area contributed by atoms with Crippen LogP contribution in [0.3, 0.4) is 0 Å². The van der Waals surface area contributed by atoms with Gasteiger partial charge in [0.15, 0.2) is 0 Å². The largest absolute Gasteiger partial charge is 0.302 e. The van der Waals surface area contributed by atoms with E-state index >= 15 is 0 Å². The van der Waals surface area contributed by atoms with E-state index < -0.39 is 9.24 Å². The number of likely N-dealkylation sites (tertiary alicyclic amines) is 1. The molecule has 78 valence electrons. The average molecular weight is 227 g/mol. The normalized spacial score (nSPS) is 20.4. The minimum atomic E-state index is -3.53. The van der Waals surface area contributed by atoms with Gasteiger partial charge in [0.25, 0.3) is 9.24 Å². The highest BCUT2D eigenvalue weighted by Gasteiger charge is 2.10. The minimum Gasteiger partial charge on any atom is -0.302 e. The van der Waals surface area contributed by atoms with Crippen LogP contribution in [0.15, 0.2) is 0 Å². The highest BCUT2D eigenvalue weighted by molar-refractivity contribution is 8.12. The third-order valence-corrected chi connectivity index (χ3v) is 3.03. The van der Waals surface area contributed by atoms with Gasteiger partial charge in [-0.2, -0.15) is 8.42 Å². The molecule has 1 heterocycles. The molecule has 1 N–H and O–H groups in total. The second-order valence-corrected chi connectivity index (χ2v) is 5.62. The number of piperidine rings is 1. The van der Waals surface area contributed by atoms with Crippen LogP contribution in [0.5, 0.6) is 0 Å². The topological polar surface area (TPSA) is 49.4 Å². The van der Waals surface area contributed by atoms with Crippen LogP contribution in [0.4, 0.5) is 0 Å². The van der Waals surface area contributed by atoms with Crippen LogP contribution in [0.1, 0.15) is 19.3 Å². The zero-order chi connectivity index (χ0) is 9.73. The number of hydrogen-bond acceptors (Lipinski definition) is 3. The molecule has 0 saturated carbocycles. The molecule has 0 spiro atoms. The Morgan fingerprint density at radius 1 is 1.23 bits per heavy atom. The summed E-state index contributed by atoms with van der Waals surface area (Å²) in [5.41, 5.74) is 0. The van der Waals surface area contributed by atoms with E-state index in [1.165, 1.54) is 19.3 Å². The highest BCUT2D eigenvalue weighted by atomic mass is 35.7. The summed E-state index contributed by atoms with van der Waals surface area (Å²) in [6, 6.07) is 0. The number of nitrogens with one attached hydrogen (secondary N) is 1. The van der Waals surface area contributed by atoms with E-state index in [2.05, 4.69) is 9.62 Å². The Morgan fingerprint density at radius 2 is 1.85 bits per heavy atom. The monoisotopic (exact) mass is 226 g/mol. The summed E-state index contributed by atoms with van der Waals surface area (Å²) in [4.78, 5) is 2.25. The van der Waals surface area contributed by atoms with Gasteiger partial charge in [-0.05, 0) is 25.9 Å². The standard InChI is InChI=1S/C7H15ClN2O2S/c8-13(11,12)9-4-7-10-5-2-1-3-6-10/h9H,1-7H2. The first-order valence-corrected chi connectivity index (χ1v) is 6.80. The summed E-state index contributed by atoms with van der Waals surface area (Å²) in [5.74, 6) is 0. The van der Waals surface area contributed by atoms with E-state index in [1.807, 2.05) is 0 Å². The molecule has 0 aromatic heterocycles. The van der Waals surface area contributed by atoms with Gasteiger partial charge in [0.1, 0.15) is 0 Å². The van der Waals surface area contributed by atoms with Gasteiger partial charge < -0.3 is 4.90 Å². The Bertz CT molecular complexity index is 237. The Morgan fingerprint density at radius 3 is 2.38 bits per heavy atom. The number of nitrogens with zero attached hydrogens (tertiary/aromatic N) is 1. The molecule has 13 heavy (non-hydrogen) atoms. The van der Waals surface area contributed by atoms with Crippen molar-refractivity contribution in [2.75, 3.05) is 26.2 Å². The van der Waals surface area contributed by atoms with Crippen molar-refractivity contribution in [3.05, 3.63) is 0 Å². The molecule has 4 nitrogen and oxygen atoms in total. The quantitative estimate of drug-likeness (QED) is 0.713. The van der Waals surface area contributed by atoms with Crippen molar-refractivity contribution in [1.29, 1.82) is 0 Å². The van der Waals surface area contributed by atoms with E-state index in [-0.39, 0.29) is 0 Å². The molecular weight excluding hydrogens is 212 g/mol. The zero-order valence-electron chi connectivity index (χ0n) is 7.50.